The van der Waals surface area contributed by atoms with E-state index in [2.05, 4.69) is 10.1 Å². The molecule has 1 aromatic rings. The molecule has 1 aromatic heterocycles. The normalized spacial score (nSPS) is 10.1. The van der Waals surface area contributed by atoms with E-state index in [9.17, 15) is 4.79 Å². The third-order valence-corrected chi connectivity index (χ3v) is 1.63. The zero-order valence-electron chi connectivity index (χ0n) is 7.23. The summed E-state index contributed by atoms with van der Waals surface area (Å²) in [7, 11) is 0. The van der Waals surface area contributed by atoms with Crippen LogP contribution >= 0.6 is 0 Å². The summed E-state index contributed by atoms with van der Waals surface area (Å²) < 4.78 is 1.78. The number of aryl methyl sites for hydroxylation is 1. The van der Waals surface area contributed by atoms with Crippen molar-refractivity contribution in [2.24, 2.45) is 0 Å². The highest BCUT2D eigenvalue weighted by Crippen LogP contribution is 1.97. The average molecular weight is 167 g/mol. The van der Waals surface area contributed by atoms with Crippen molar-refractivity contribution >= 4 is 5.78 Å². The quantitative estimate of drug-likeness (QED) is 0.615. The van der Waals surface area contributed by atoms with Gasteiger partial charge in [0.2, 0.25) is 0 Å². The molecule has 0 fully saturated rings. The molecule has 0 saturated heterocycles. The molecule has 0 atom stereocenters. The molecule has 0 amide bonds. The Morgan fingerprint density at radius 3 is 2.92 bits per heavy atom. The standard InChI is InChI=1S/C8H13N3O/c1-8(12)4-2-3-5-11-7-9-6-10-11/h6-7H,2-5H2,1H3. The summed E-state index contributed by atoms with van der Waals surface area (Å²) in [6.45, 7) is 2.47. The highest BCUT2D eigenvalue weighted by atomic mass is 16.1. The molecule has 0 aromatic carbocycles. The Balaban J connectivity index is 2.07. The molecule has 0 bridgehead atoms. The van der Waals surface area contributed by atoms with Gasteiger partial charge in [-0.05, 0) is 19.8 Å². The van der Waals surface area contributed by atoms with Crippen LogP contribution in [-0.2, 0) is 11.3 Å². The van der Waals surface area contributed by atoms with E-state index in [0.717, 1.165) is 19.4 Å². The van der Waals surface area contributed by atoms with Crippen molar-refractivity contribution in [1.29, 1.82) is 0 Å². The van der Waals surface area contributed by atoms with Crippen LogP contribution in [0.4, 0.5) is 0 Å². The molecule has 0 unspecified atom stereocenters. The summed E-state index contributed by atoms with van der Waals surface area (Å²) in [5.41, 5.74) is 0. The lowest BCUT2D eigenvalue weighted by Gasteiger charge is -1.98. The van der Waals surface area contributed by atoms with Crippen LogP contribution in [0, 0.1) is 0 Å². The van der Waals surface area contributed by atoms with Gasteiger partial charge in [0.1, 0.15) is 18.4 Å². The molecule has 0 N–H and O–H groups in total. The Bertz CT molecular complexity index is 230. The molecular weight excluding hydrogens is 154 g/mol. The molecule has 4 heteroatoms. The fourth-order valence-electron chi connectivity index (χ4n) is 0.996. The van der Waals surface area contributed by atoms with Crippen LogP contribution in [0.2, 0.25) is 0 Å². The summed E-state index contributed by atoms with van der Waals surface area (Å²) in [6, 6.07) is 0. The van der Waals surface area contributed by atoms with Crippen LogP contribution in [0.5, 0.6) is 0 Å². The summed E-state index contributed by atoms with van der Waals surface area (Å²) >= 11 is 0. The second kappa shape index (κ2) is 4.64. The summed E-state index contributed by atoms with van der Waals surface area (Å²) in [5.74, 6) is 0.258. The van der Waals surface area contributed by atoms with Crippen LogP contribution in [-0.4, -0.2) is 20.5 Å². The maximum Gasteiger partial charge on any atom is 0.137 e. The predicted molar refractivity (Wildman–Crippen MR) is 44.6 cm³/mol. The lowest BCUT2D eigenvalue weighted by atomic mass is 10.2. The smallest absolute Gasteiger partial charge is 0.137 e. The number of rotatable bonds is 5. The van der Waals surface area contributed by atoms with E-state index in [4.69, 9.17) is 0 Å². The maximum atomic E-state index is 10.6. The highest BCUT2D eigenvalue weighted by molar-refractivity contribution is 5.75. The van der Waals surface area contributed by atoms with E-state index < -0.39 is 0 Å². The molecule has 1 rings (SSSR count). The van der Waals surface area contributed by atoms with Crippen molar-refractivity contribution in [3.63, 3.8) is 0 Å². The Morgan fingerprint density at radius 1 is 1.50 bits per heavy atom. The van der Waals surface area contributed by atoms with Gasteiger partial charge in [0.05, 0.1) is 0 Å². The number of hydrogen-bond acceptors (Lipinski definition) is 3. The first-order valence-corrected chi connectivity index (χ1v) is 4.11. The van der Waals surface area contributed by atoms with E-state index in [1.807, 2.05) is 0 Å². The highest BCUT2D eigenvalue weighted by Gasteiger charge is 1.94. The second-order valence-electron chi connectivity index (χ2n) is 2.82. The molecule has 0 aliphatic carbocycles. The van der Waals surface area contributed by atoms with Crippen LogP contribution in [0.15, 0.2) is 12.7 Å². The largest absolute Gasteiger partial charge is 0.300 e. The van der Waals surface area contributed by atoms with Crippen LogP contribution in [0.3, 0.4) is 0 Å². The fourth-order valence-corrected chi connectivity index (χ4v) is 0.996. The third kappa shape index (κ3) is 3.27. The van der Waals surface area contributed by atoms with Gasteiger partial charge in [-0.3, -0.25) is 4.68 Å². The maximum absolute atomic E-state index is 10.6. The van der Waals surface area contributed by atoms with Crippen LogP contribution < -0.4 is 0 Å². The second-order valence-corrected chi connectivity index (χ2v) is 2.82. The molecule has 4 nitrogen and oxygen atoms in total. The van der Waals surface area contributed by atoms with E-state index in [0.29, 0.717) is 6.42 Å². The van der Waals surface area contributed by atoms with Crippen molar-refractivity contribution in [2.45, 2.75) is 32.7 Å². The number of carbonyl (C=O) groups excluding carboxylic acids is 1. The number of ketones is 1. The van der Waals surface area contributed by atoms with Crippen molar-refractivity contribution in [3.8, 4) is 0 Å². The Labute approximate surface area is 71.6 Å². The van der Waals surface area contributed by atoms with Gasteiger partial charge in [-0.1, -0.05) is 0 Å². The zero-order chi connectivity index (χ0) is 8.81. The molecule has 0 saturated carbocycles. The van der Waals surface area contributed by atoms with Crippen molar-refractivity contribution in [3.05, 3.63) is 12.7 Å². The van der Waals surface area contributed by atoms with E-state index in [1.54, 1.807) is 17.9 Å². The van der Waals surface area contributed by atoms with E-state index >= 15 is 0 Å². The van der Waals surface area contributed by atoms with Gasteiger partial charge in [0.15, 0.2) is 0 Å². The Morgan fingerprint density at radius 2 is 2.33 bits per heavy atom. The predicted octanol–water partition coefficient (Wildman–Crippen LogP) is 1.04. The SMILES string of the molecule is CC(=O)CCCCn1cncn1. The minimum Gasteiger partial charge on any atom is -0.300 e. The molecule has 0 aliphatic heterocycles. The number of unbranched alkanes of at least 4 members (excludes halogenated alkanes) is 1. The van der Waals surface area contributed by atoms with Gasteiger partial charge in [-0.2, -0.15) is 5.10 Å². The van der Waals surface area contributed by atoms with Gasteiger partial charge >= 0.3 is 0 Å². The van der Waals surface area contributed by atoms with Gasteiger partial charge in [-0.25, -0.2) is 4.98 Å². The molecule has 1 heterocycles. The molecule has 12 heavy (non-hydrogen) atoms. The number of hydrogen-bond donors (Lipinski definition) is 0. The van der Waals surface area contributed by atoms with Gasteiger partial charge in [-0.15, -0.1) is 0 Å². The molecule has 0 aliphatic rings. The Hall–Kier alpha value is -1.19. The monoisotopic (exact) mass is 167 g/mol. The van der Waals surface area contributed by atoms with Gasteiger partial charge in [0.25, 0.3) is 0 Å². The average Bonchev–Trinajstić information content (AvgIpc) is 2.49. The minimum atomic E-state index is 0.258. The number of nitrogens with zero attached hydrogens (tertiary/aromatic N) is 3. The minimum absolute atomic E-state index is 0.258. The topological polar surface area (TPSA) is 47.8 Å². The molecule has 0 spiro atoms. The first-order valence-electron chi connectivity index (χ1n) is 4.11. The lowest BCUT2D eigenvalue weighted by molar-refractivity contribution is -0.117. The van der Waals surface area contributed by atoms with Crippen molar-refractivity contribution in [2.75, 3.05) is 0 Å². The summed E-state index contributed by atoms with van der Waals surface area (Å²) in [4.78, 5) is 14.4. The Kier molecular flexibility index (Phi) is 3.44. The van der Waals surface area contributed by atoms with E-state index in [-0.39, 0.29) is 5.78 Å². The van der Waals surface area contributed by atoms with Gasteiger partial charge < -0.3 is 4.79 Å². The number of aromatic nitrogens is 3. The molecule has 66 valence electrons. The summed E-state index contributed by atoms with van der Waals surface area (Å²) in [6.07, 6.45) is 5.81. The van der Waals surface area contributed by atoms with Crippen molar-refractivity contribution in [1.82, 2.24) is 14.8 Å². The first kappa shape index (κ1) is 8.90. The van der Waals surface area contributed by atoms with Crippen LogP contribution in [0.25, 0.3) is 0 Å². The van der Waals surface area contributed by atoms with Crippen molar-refractivity contribution < 1.29 is 4.79 Å². The first-order chi connectivity index (χ1) is 5.79. The number of carbonyl (C=O) groups is 1. The fraction of sp³-hybridized carbons (Fsp3) is 0.625. The zero-order valence-corrected chi connectivity index (χ0v) is 7.23. The van der Waals surface area contributed by atoms with E-state index in [1.165, 1.54) is 6.33 Å². The third-order valence-electron chi connectivity index (χ3n) is 1.63. The van der Waals surface area contributed by atoms with Gasteiger partial charge in [0, 0.05) is 13.0 Å². The summed E-state index contributed by atoms with van der Waals surface area (Å²) in [5, 5.41) is 3.95. The number of Topliss-reactive ketones (excluding diaryl/α,β-unsaturated/α-hetero) is 1. The molecule has 0 radical (unpaired) electrons. The van der Waals surface area contributed by atoms with Crippen LogP contribution in [0.1, 0.15) is 26.2 Å². The molecular formula is C8H13N3O. The lowest BCUT2D eigenvalue weighted by Crippen LogP contribution is -1.99.